The van der Waals surface area contributed by atoms with Crippen molar-refractivity contribution in [2.24, 2.45) is 0 Å². The predicted molar refractivity (Wildman–Crippen MR) is 76.7 cm³/mol. The van der Waals surface area contributed by atoms with E-state index in [0.717, 1.165) is 13.0 Å². The third-order valence-corrected chi connectivity index (χ3v) is 4.98. The van der Waals surface area contributed by atoms with Gasteiger partial charge in [0.05, 0.1) is 5.75 Å². The molecular formula is C14H23NO2S. The molecule has 1 N–H and O–H groups in total. The normalized spacial score (nSPS) is 13.5. The number of nitrogens with one attached hydrogen (secondary N) is 1. The zero-order valence-electron chi connectivity index (χ0n) is 11.4. The van der Waals surface area contributed by atoms with Crippen LogP contribution in [0.2, 0.25) is 0 Å². The van der Waals surface area contributed by atoms with Gasteiger partial charge in [-0.2, -0.15) is 0 Å². The van der Waals surface area contributed by atoms with Crippen LogP contribution >= 0.6 is 0 Å². The maximum atomic E-state index is 11.5. The van der Waals surface area contributed by atoms with Gasteiger partial charge < -0.3 is 5.32 Å². The fraction of sp³-hybridized carbons (Fsp3) is 0.571. The third kappa shape index (κ3) is 5.19. The van der Waals surface area contributed by atoms with Gasteiger partial charge in [0.25, 0.3) is 0 Å². The number of rotatable bonds is 7. The van der Waals surface area contributed by atoms with Gasteiger partial charge in [-0.1, -0.05) is 31.2 Å². The van der Waals surface area contributed by atoms with Gasteiger partial charge in [-0.3, -0.25) is 0 Å². The van der Waals surface area contributed by atoms with Crippen LogP contribution in [0.4, 0.5) is 0 Å². The maximum Gasteiger partial charge on any atom is 0.151 e. The molecule has 0 bridgehead atoms. The van der Waals surface area contributed by atoms with Crippen molar-refractivity contribution in [2.75, 3.05) is 18.1 Å². The Labute approximate surface area is 111 Å². The highest BCUT2D eigenvalue weighted by molar-refractivity contribution is 7.91. The summed E-state index contributed by atoms with van der Waals surface area (Å²) in [5.41, 5.74) is 2.60. The molecule has 102 valence electrons. The average Bonchev–Trinajstić information content (AvgIpc) is 2.31. The van der Waals surface area contributed by atoms with Crippen LogP contribution < -0.4 is 5.32 Å². The largest absolute Gasteiger partial charge is 0.313 e. The van der Waals surface area contributed by atoms with Crippen molar-refractivity contribution >= 4 is 9.84 Å². The highest BCUT2D eigenvalue weighted by Gasteiger charge is 2.12. The van der Waals surface area contributed by atoms with Crippen molar-refractivity contribution in [3.63, 3.8) is 0 Å². The van der Waals surface area contributed by atoms with E-state index in [1.54, 1.807) is 6.92 Å². The van der Waals surface area contributed by atoms with E-state index in [0.29, 0.717) is 0 Å². The van der Waals surface area contributed by atoms with Gasteiger partial charge in [0, 0.05) is 11.8 Å². The van der Waals surface area contributed by atoms with Crippen molar-refractivity contribution in [1.29, 1.82) is 0 Å². The van der Waals surface area contributed by atoms with Gasteiger partial charge in [-0.05, 0) is 37.9 Å². The molecule has 0 aromatic heterocycles. The molecule has 0 saturated carbocycles. The monoisotopic (exact) mass is 269 g/mol. The minimum Gasteiger partial charge on any atom is -0.313 e. The lowest BCUT2D eigenvalue weighted by atomic mass is 10.1. The van der Waals surface area contributed by atoms with E-state index in [2.05, 4.69) is 24.4 Å². The smallest absolute Gasteiger partial charge is 0.151 e. The minimum absolute atomic E-state index is 0.0129. The lowest BCUT2D eigenvalue weighted by Gasteiger charge is -2.14. The fourth-order valence-corrected chi connectivity index (χ4v) is 3.02. The van der Waals surface area contributed by atoms with Crippen molar-refractivity contribution in [2.45, 2.75) is 33.2 Å². The van der Waals surface area contributed by atoms with Crippen molar-refractivity contribution < 1.29 is 8.42 Å². The Kier molecular flexibility index (Phi) is 5.82. The standard InChI is InChI=1S/C14H23NO2S/c1-4-18(16,17)11-13(3)15-10-9-14-8-6-5-7-12(14)2/h5-8,13,15H,4,9-11H2,1-3H3. The Morgan fingerprint density at radius 2 is 1.94 bits per heavy atom. The lowest BCUT2D eigenvalue weighted by Crippen LogP contribution is -2.34. The van der Waals surface area contributed by atoms with E-state index < -0.39 is 9.84 Å². The zero-order chi connectivity index (χ0) is 13.6. The van der Waals surface area contributed by atoms with E-state index >= 15 is 0 Å². The Balaban J connectivity index is 2.36. The van der Waals surface area contributed by atoms with Crippen LogP contribution in [0.25, 0.3) is 0 Å². The second kappa shape index (κ2) is 6.90. The third-order valence-electron chi connectivity index (χ3n) is 3.09. The molecule has 0 aliphatic rings. The number of benzene rings is 1. The summed E-state index contributed by atoms with van der Waals surface area (Å²) in [5.74, 6) is 0.439. The van der Waals surface area contributed by atoms with Gasteiger partial charge in [-0.15, -0.1) is 0 Å². The summed E-state index contributed by atoms with van der Waals surface area (Å²) in [5, 5.41) is 3.27. The van der Waals surface area contributed by atoms with E-state index in [1.165, 1.54) is 11.1 Å². The van der Waals surface area contributed by atoms with Crippen molar-refractivity contribution in [3.05, 3.63) is 35.4 Å². The molecule has 4 heteroatoms. The number of aryl methyl sites for hydroxylation is 1. The summed E-state index contributed by atoms with van der Waals surface area (Å²) < 4.78 is 22.9. The Bertz CT molecular complexity index is 468. The first-order chi connectivity index (χ1) is 8.44. The minimum atomic E-state index is -2.88. The first-order valence-electron chi connectivity index (χ1n) is 6.43. The molecule has 1 aromatic carbocycles. The Morgan fingerprint density at radius 1 is 1.28 bits per heavy atom. The van der Waals surface area contributed by atoms with Crippen molar-refractivity contribution in [1.82, 2.24) is 5.32 Å². The van der Waals surface area contributed by atoms with Gasteiger partial charge in [-0.25, -0.2) is 8.42 Å². The summed E-state index contributed by atoms with van der Waals surface area (Å²) in [6.45, 7) is 6.52. The molecule has 0 spiro atoms. The second-order valence-corrected chi connectivity index (χ2v) is 7.13. The Hall–Kier alpha value is -0.870. The van der Waals surface area contributed by atoms with Crippen LogP contribution in [-0.4, -0.2) is 32.5 Å². The van der Waals surface area contributed by atoms with Crippen LogP contribution in [0.3, 0.4) is 0 Å². The molecule has 1 atom stereocenters. The SMILES string of the molecule is CCS(=O)(=O)CC(C)NCCc1ccccc1C. The van der Waals surface area contributed by atoms with Crippen LogP contribution in [0.15, 0.2) is 24.3 Å². The molecule has 0 radical (unpaired) electrons. The molecular weight excluding hydrogens is 246 g/mol. The quantitative estimate of drug-likeness (QED) is 0.823. The average molecular weight is 269 g/mol. The molecule has 1 aromatic rings. The van der Waals surface area contributed by atoms with E-state index in [1.807, 2.05) is 19.1 Å². The summed E-state index contributed by atoms with van der Waals surface area (Å²) in [7, 11) is -2.88. The molecule has 0 amide bonds. The summed E-state index contributed by atoms with van der Waals surface area (Å²) in [4.78, 5) is 0. The topological polar surface area (TPSA) is 46.2 Å². The van der Waals surface area contributed by atoms with Gasteiger partial charge >= 0.3 is 0 Å². The molecule has 1 rings (SSSR count). The summed E-state index contributed by atoms with van der Waals surface area (Å²) in [6.07, 6.45) is 0.934. The van der Waals surface area contributed by atoms with Crippen molar-refractivity contribution in [3.8, 4) is 0 Å². The highest BCUT2D eigenvalue weighted by Crippen LogP contribution is 2.07. The highest BCUT2D eigenvalue weighted by atomic mass is 32.2. The number of hydrogen-bond acceptors (Lipinski definition) is 3. The fourth-order valence-electron chi connectivity index (χ4n) is 1.90. The van der Waals surface area contributed by atoms with Gasteiger partial charge in [0.1, 0.15) is 0 Å². The number of hydrogen-bond donors (Lipinski definition) is 1. The van der Waals surface area contributed by atoms with Gasteiger partial charge in [0.15, 0.2) is 9.84 Å². The maximum absolute atomic E-state index is 11.5. The first kappa shape index (κ1) is 15.2. The number of sulfone groups is 1. The molecule has 1 unspecified atom stereocenters. The molecule has 0 saturated heterocycles. The van der Waals surface area contributed by atoms with E-state index in [4.69, 9.17) is 0 Å². The molecule has 18 heavy (non-hydrogen) atoms. The molecule has 0 fully saturated rings. The molecule has 3 nitrogen and oxygen atoms in total. The van der Waals surface area contributed by atoms with Crippen LogP contribution in [0, 0.1) is 6.92 Å². The van der Waals surface area contributed by atoms with Crippen LogP contribution in [-0.2, 0) is 16.3 Å². The molecule has 0 heterocycles. The summed E-state index contributed by atoms with van der Waals surface area (Å²) >= 11 is 0. The van der Waals surface area contributed by atoms with Gasteiger partial charge in [0.2, 0.25) is 0 Å². The molecule has 0 aliphatic carbocycles. The Morgan fingerprint density at radius 3 is 2.56 bits per heavy atom. The van der Waals surface area contributed by atoms with Crippen LogP contribution in [0.1, 0.15) is 25.0 Å². The lowest BCUT2D eigenvalue weighted by molar-refractivity contribution is 0.558. The molecule has 0 aliphatic heterocycles. The predicted octanol–water partition coefficient (Wildman–Crippen LogP) is 1.95. The summed E-state index contributed by atoms with van der Waals surface area (Å²) in [6, 6.07) is 8.29. The first-order valence-corrected chi connectivity index (χ1v) is 8.25. The zero-order valence-corrected chi connectivity index (χ0v) is 12.3. The van der Waals surface area contributed by atoms with E-state index in [9.17, 15) is 8.42 Å². The van der Waals surface area contributed by atoms with E-state index in [-0.39, 0.29) is 17.5 Å². The second-order valence-electron chi connectivity index (χ2n) is 4.73. The van der Waals surface area contributed by atoms with Crippen LogP contribution in [0.5, 0.6) is 0 Å².